The first-order chi connectivity index (χ1) is 19.4. The number of hydrogen-bond acceptors (Lipinski definition) is 14. The Morgan fingerprint density at radius 1 is 0.550 bits per heavy atom. The fraction of sp³-hybridized carbons (Fsp3) is 0.308. The summed E-state index contributed by atoms with van der Waals surface area (Å²) in [6, 6.07) is 12.0. The van der Waals surface area contributed by atoms with Gasteiger partial charge in [0, 0.05) is 12.8 Å². The second kappa shape index (κ2) is 18.0. The highest BCUT2D eigenvalue weighted by molar-refractivity contribution is 5.73. The Kier molecular flexibility index (Phi) is 13.9. The van der Waals surface area contributed by atoms with Crippen LogP contribution < -0.4 is 9.47 Å². The lowest BCUT2D eigenvalue weighted by atomic mass is 10.2. The molecule has 14 nitrogen and oxygen atoms in total. The van der Waals surface area contributed by atoms with Crippen molar-refractivity contribution in [1.82, 2.24) is 0 Å². The van der Waals surface area contributed by atoms with Gasteiger partial charge >= 0.3 is 23.9 Å². The minimum absolute atomic E-state index is 0.0221. The lowest BCUT2D eigenvalue weighted by Crippen LogP contribution is -2.18. The molecule has 0 aliphatic heterocycles. The van der Waals surface area contributed by atoms with Gasteiger partial charge in [-0.3, -0.25) is 9.59 Å². The Hall–Kier alpha value is -5.32. The third kappa shape index (κ3) is 13.3. The molecule has 2 aromatic rings. The van der Waals surface area contributed by atoms with E-state index in [1.807, 2.05) is 0 Å². The average molecular weight is 556 g/mol. The minimum Gasteiger partial charge on any atom is -0.482 e. The maximum absolute atomic E-state index is 11.7. The number of rotatable bonds is 17. The molecular weight excluding hydrogens is 532 g/mol. The van der Waals surface area contributed by atoms with Crippen LogP contribution in [0.4, 0.5) is 11.4 Å². The SMILES string of the molecule is O=C=Nc1ccc(OCC(=O)OCOC(=O)CCCCC(=O)OCOC(=O)COc2ccc(N=C=O)cc2)cc1. The van der Waals surface area contributed by atoms with Gasteiger partial charge in [0.1, 0.15) is 11.5 Å². The summed E-state index contributed by atoms with van der Waals surface area (Å²) in [7, 11) is 0. The Morgan fingerprint density at radius 2 is 0.900 bits per heavy atom. The molecule has 0 saturated heterocycles. The van der Waals surface area contributed by atoms with E-state index in [-0.39, 0.29) is 12.8 Å². The molecule has 210 valence electrons. The average Bonchev–Trinajstić information content (AvgIpc) is 2.95. The molecule has 0 radical (unpaired) electrons. The van der Waals surface area contributed by atoms with E-state index in [4.69, 9.17) is 28.4 Å². The van der Waals surface area contributed by atoms with Gasteiger partial charge in [-0.15, -0.1) is 0 Å². The zero-order valence-electron chi connectivity index (χ0n) is 21.1. The van der Waals surface area contributed by atoms with E-state index in [1.165, 1.54) is 60.7 Å². The van der Waals surface area contributed by atoms with Crippen molar-refractivity contribution in [2.45, 2.75) is 25.7 Å². The second-order valence-corrected chi connectivity index (χ2v) is 7.48. The van der Waals surface area contributed by atoms with Crippen LogP contribution >= 0.6 is 0 Å². The van der Waals surface area contributed by atoms with Gasteiger partial charge in [0.05, 0.1) is 11.4 Å². The summed E-state index contributed by atoms with van der Waals surface area (Å²) in [5, 5.41) is 0. The van der Waals surface area contributed by atoms with Crippen LogP contribution in [0.5, 0.6) is 11.5 Å². The number of unbranched alkanes of at least 4 members (excludes halogenated alkanes) is 1. The molecule has 0 bridgehead atoms. The van der Waals surface area contributed by atoms with E-state index in [1.54, 1.807) is 0 Å². The van der Waals surface area contributed by atoms with Crippen LogP contribution in [0.2, 0.25) is 0 Å². The fourth-order valence-electron chi connectivity index (χ4n) is 2.71. The Bertz CT molecular complexity index is 1130. The van der Waals surface area contributed by atoms with Gasteiger partial charge < -0.3 is 28.4 Å². The van der Waals surface area contributed by atoms with Crippen LogP contribution in [-0.2, 0) is 47.7 Å². The van der Waals surface area contributed by atoms with Crippen molar-refractivity contribution in [1.29, 1.82) is 0 Å². The van der Waals surface area contributed by atoms with Crippen molar-refractivity contribution in [3.8, 4) is 11.5 Å². The second-order valence-electron chi connectivity index (χ2n) is 7.48. The number of esters is 4. The molecule has 0 aliphatic carbocycles. The molecule has 0 amide bonds. The number of aliphatic imine (C=N–C) groups is 2. The summed E-state index contributed by atoms with van der Waals surface area (Å²) in [5.74, 6) is -2.11. The molecule has 0 atom stereocenters. The Balaban J connectivity index is 1.46. The van der Waals surface area contributed by atoms with Crippen molar-refractivity contribution in [2.75, 3.05) is 26.8 Å². The van der Waals surface area contributed by atoms with E-state index >= 15 is 0 Å². The monoisotopic (exact) mass is 556 g/mol. The Labute approximate surface area is 227 Å². The number of carbonyl (C=O) groups excluding carboxylic acids is 6. The molecule has 2 aromatic carbocycles. The molecular formula is C26H24N2O12. The molecule has 0 heterocycles. The third-order valence-corrected chi connectivity index (χ3v) is 4.63. The van der Waals surface area contributed by atoms with Crippen LogP contribution in [0.15, 0.2) is 58.5 Å². The normalized spacial score (nSPS) is 9.70. The van der Waals surface area contributed by atoms with Gasteiger partial charge in [-0.25, -0.2) is 19.2 Å². The predicted octanol–water partition coefficient (Wildman–Crippen LogP) is 2.73. The summed E-state index contributed by atoms with van der Waals surface area (Å²) in [5.41, 5.74) is 0.760. The lowest BCUT2D eigenvalue weighted by molar-refractivity contribution is -0.171. The highest BCUT2D eigenvalue weighted by Gasteiger charge is 2.10. The highest BCUT2D eigenvalue weighted by Crippen LogP contribution is 2.18. The zero-order chi connectivity index (χ0) is 29.0. The molecule has 0 fully saturated rings. The number of nitrogens with zero attached hydrogens (tertiary/aromatic N) is 2. The van der Waals surface area contributed by atoms with Crippen LogP contribution in [0, 0.1) is 0 Å². The molecule has 2 rings (SSSR count). The molecule has 0 aromatic heterocycles. The number of hydrogen-bond donors (Lipinski definition) is 0. The summed E-state index contributed by atoms with van der Waals surface area (Å²) >= 11 is 0. The minimum atomic E-state index is -0.766. The van der Waals surface area contributed by atoms with Crippen molar-refractivity contribution in [3.63, 3.8) is 0 Å². The van der Waals surface area contributed by atoms with Crippen LogP contribution in [-0.4, -0.2) is 62.8 Å². The van der Waals surface area contributed by atoms with Crippen molar-refractivity contribution >= 4 is 47.4 Å². The topological polar surface area (TPSA) is 183 Å². The highest BCUT2D eigenvalue weighted by atomic mass is 16.7. The summed E-state index contributed by atoms with van der Waals surface area (Å²) < 4.78 is 29.5. The summed E-state index contributed by atoms with van der Waals surface area (Å²) in [6.07, 6.45) is 3.37. The first-order valence-corrected chi connectivity index (χ1v) is 11.6. The molecule has 0 N–H and O–H groups in total. The largest absolute Gasteiger partial charge is 0.482 e. The van der Waals surface area contributed by atoms with Crippen molar-refractivity contribution < 1.29 is 57.2 Å². The maximum atomic E-state index is 11.7. The molecule has 0 unspecified atom stereocenters. The van der Waals surface area contributed by atoms with Crippen molar-refractivity contribution in [3.05, 3.63) is 48.5 Å². The number of benzene rings is 2. The molecule has 0 spiro atoms. The van der Waals surface area contributed by atoms with Gasteiger partial charge in [0.15, 0.2) is 13.2 Å². The predicted molar refractivity (Wildman–Crippen MR) is 132 cm³/mol. The summed E-state index contributed by atoms with van der Waals surface area (Å²) in [4.78, 5) is 73.9. The van der Waals surface area contributed by atoms with Gasteiger partial charge in [0.25, 0.3) is 0 Å². The molecule has 14 heteroatoms. The smallest absolute Gasteiger partial charge is 0.347 e. The quantitative estimate of drug-likeness (QED) is 0.0914. The molecule has 0 saturated carbocycles. The van der Waals surface area contributed by atoms with E-state index in [2.05, 4.69) is 9.98 Å². The van der Waals surface area contributed by atoms with Gasteiger partial charge in [-0.2, -0.15) is 9.98 Å². The van der Waals surface area contributed by atoms with E-state index in [9.17, 15) is 28.8 Å². The fourth-order valence-corrected chi connectivity index (χ4v) is 2.71. The lowest BCUT2D eigenvalue weighted by Gasteiger charge is -2.08. The standard InChI is InChI=1S/C26H24N2O12/c29-15-27-19-5-9-21(10-6-19)35-13-25(33)39-17-37-23(31)3-1-2-4-24(32)38-18-40-26(34)14-36-22-11-7-20(8-12-22)28-16-30/h5-12H,1-4,13-14,17-18H2. The van der Waals surface area contributed by atoms with Gasteiger partial charge in [-0.05, 0) is 61.4 Å². The van der Waals surface area contributed by atoms with Gasteiger partial charge in [0.2, 0.25) is 25.7 Å². The van der Waals surface area contributed by atoms with E-state index in [0.717, 1.165) is 0 Å². The number of carbonyl (C=O) groups is 4. The summed E-state index contributed by atoms with van der Waals surface area (Å²) in [6.45, 7) is -2.03. The van der Waals surface area contributed by atoms with Crippen LogP contribution in [0.1, 0.15) is 25.7 Å². The Morgan fingerprint density at radius 3 is 1.25 bits per heavy atom. The zero-order valence-corrected chi connectivity index (χ0v) is 21.1. The van der Waals surface area contributed by atoms with Gasteiger partial charge in [-0.1, -0.05) is 0 Å². The van der Waals surface area contributed by atoms with Crippen LogP contribution in [0.25, 0.3) is 0 Å². The van der Waals surface area contributed by atoms with Crippen molar-refractivity contribution in [2.24, 2.45) is 9.98 Å². The third-order valence-electron chi connectivity index (χ3n) is 4.63. The number of isocyanates is 2. The molecule has 40 heavy (non-hydrogen) atoms. The van der Waals surface area contributed by atoms with Crippen LogP contribution in [0.3, 0.4) is 0 Å². The molecule has 0 aliphatic rings. The maximum Gasteiger partial charge on any atom is 0.347 e. The van der Waals surface area contributed by atoms with E-state index in [0.29, 0.717) is 35.7 Å². The van der Waals surface area contributed by atoms with E-state index < -0.39 is 50.7 Å². The first kappa shape index (κ1) is 30.9. The first-order valence-electron chi connectivity index (χ1n) is 11.6. The number of ether oxygens (including phenoxy) is 6.